The van der Waals surface area contributed by atoms with Crippen molar-refractivity contribution >= 4 is 0 Å². The maximum Gasteiger partial charge on any atom is 0.0716 e. The van der Waals surface area contributed by atoms with Crippen molar-refractivity contribution in [3.63, 3.8) is 0 Å². The van der Waals surface area contributed by atoms with Gasteiger partial charge in [0.05, 0.1) is 25.4 Å². The highest BCUT2D eigenvalue weighted by Gasteiger charge is 2.22. The Hall–Kier alpha value is -1.72. The lowest BCUT2D eigenvalue weighted by atomic mass is 9.94. The lowest BCUT2D eigenvalue weighted by Gasteiger charge is -2.24. The first-order valence-corrected chi connectivity index (χ1v) is 9.85. The molecule has 0 fully saturated rings. The number of rotatable bonds is 13. The van der Waals surface area contributed by atoms with Crippen molar-refractivity contribution in [1.82, 2.24) is 0 Å². The van der Waals surface area contributed by atoms with E-state index in [-0.39, 0.29) is 13.2 Å². The number of hydrogen-bond donors (Lipinski definition) is 3. The van der Waals surface area contributed by atoms with Crippen LogP contribution in [0.25, 0.3) is 0 Å². The first kappa shape index (κ1) is 21.6. The minimum absolute atomic E-state index is 0.208. The Morgan fingerprint density at radius 2 is 1.37 bits per heavy atom. The van der Waals surface area contributed by atoms with Gasteiger partial charge in [0, 0.05) is 6.61 Å². The molecule has 0 aromatic heterocycles. The third kappa shape index (κ3) is 8.22. The highest BCUT2D eigenvalue weighted by Crippen LogP contribution is 2.13. The maximum absolute atomic E-state index is 9.24. The molecular formula is C23H33NO3. The first-order chi connectivity index (χ1) is 13.1. The molecule has 0 saturated carbocycles. The van der Waals surface area contributed by atoms with E-state index in [2.05, 4.69) is 54.6 Å². The van der Waals surface area contributed by atoms with Crippen LogP contribution in [-0.2, 0) is 24.2 Å². The van der Waals surface area contributed by atoms with E-state index in [1.165, 1.54) is 18.4 Å². The highest BCUT2D eigenvalue weighted by atomic mass is 16.5. The summed E-state index contributed by atoms with van der Waals surface area (Å²) in [5.41, 5.74) is 8.72. The fraction of sp³-hybridized carbons (Fsp3) is 0.478. The van der Waals surface area contributed by atoms with Crippen LogP contribution in [0.4, 0.5) is 0 Å². The number of hydrogen-bond acceptors (Lipinski definition) is 4. The quantitative estimate of drug-likeness (QED) is 0.473. The van der Waals surface area contributed by atoms with Gasteiger partial charge in [0.25, 0.3) is 0 Å². The van der Waals surface area contributed by atoms with Crippen LogP contribution in [0, 0.1) is 0 Å². The fourth-order valence-corrected chi connectivity index (χ4v) is 2.95. The molecule has 2 aromatic rings. The molecule has 0 amide bonds. The van der Waals surface area contributed by atoms with Crippen LogP contribution in [0.1, 0.15) is 42.4 Å². The Labute approximate surface area is 163 Å². The molecule has 4 nitrogen and oxygen atoms in total. The number of unbranched alkanes of at least 4 members (excludes halogenated alkanes) is 2. The van der Waals surface area contributed by atoms with Gasteiger partial charge in [-0.3, -0.25) is 0 Å². The Balaban J connectivity index is 1.57. The summed E-state index contributed by atoms with van der Waals surface area (Å²) in [7, 11) is 0. The van der Waals surface area contributed by atoms with Crippen molar-refractivity contribution < 1.29 is 14.9 Å². The van der Waals surface area contributed by atoms with Crippen LogP contribution < -0.4 is 5.73 Å². The topological polar surface area (TPSA) is 75.7 Å². The molecule has 2 rings (SSSR count). The summed E-state index contributed by atoms with van der Waals surface area (Å²) in [6.07, 6.45) is 5.90. The van der Waals surface area contributed by atoms with Crippen molar-refractivity contribution in [2.75, 3.05) is 19.8 Å². The zero-order chi connectivity index (χ0) is 19.4. The Morgan fingerprint density at radius 1 is 0.741 bits per heavy atom. The summed E-state index contributed by atoms with van der Waals surface area (Å²) in [6, 6.07) is 18.9. The molecule has 0 aliphatic carbocycles. The minimum Gasteiger partial charge on any atom is -0.394 e. The lowest BCUT2D eigenvalue weighted by Crippen LogP contribution is -2.47. The molecule has 2 aromatic carbocycles. The van der Waals surface area contributed by atoms with E-state index in [1.54, 1.807) is 0 Å². The Bertz CT molecular complexity index is 624. The van der Waals surface area contributed by atoms with Gasteiger partial charge in [-0.25, -0.2) is 0 Å². The van der Waals surface area contributed by atoms with Gasteiger partial charge < -0.3 is 20.7 Å². The van der Waals surface area contributed by atoms with Crippen LogP contribution in [0.15, 0.2) is 54.6 Å². The minimum atomic E-state index is -0.901. The predicted octanol–water partition coefficient (Wildman–Crippen LogP) is 3.23. The monoisotopic (exact) mass is 371 g/mol. The third-order valence-corrected chi connectivity index (χ3v) is 4.93. The van der Waals surface area contributed by atoms with Crippen LogP contribution in [0.3, 0.4) is 0 Å². The first-order valence-electron chi connectivity index (χ1n) is 9.85. The average Bonchev–Trinajstić information content (AvgIpc) is 2.73. The second kappa shape index (κ2) is 11.9. The number of aryl methyl sites for hydroxylation is 2. The standard InChI is InChI=1S/C23H33NO3/c24-23(18-25,19-26)15-14-21-10-12-22(13-11-21)17-27-16-6-2-5-9-20-7-3-1-4-8-20/h1,3-4,7-8,10-13,25-26H,2,5-6,9,14-19,24H2. The smallest absolute Gasteiger partial charge is 0.0716 e. The zero-order valence-corrected chi connectivity index (χ0v) is 16.1. The molecular weight excluding hydrogens is 338 g/mol. The van der Waals surface area contributed by atoms with Gasteiger partial charge in [0.15, 0.2) is 0 Å². The molecule has 148 valence electrons. The molecule has 0 heterocycles. The van der Waals surface area contributed by atoms with E-state index in [9.17, 15) is 10.2 Å². The van der Waals surface area contributed by atoms with E-state index in [1.807, 2.05) is 0 Å². The van der Waals surface area contributed by atoms with Gasteiger partial charge in [-0.05, 0) is 48.8 Å². The van der Waals surface area contributed by atoms with Crippen LogP contribution in [-0.4, -0.2) is 35.6 Å². The Morgan fingerprint density at radius 3 is 2.04 bits per heavy atom. The van der Waals surface area contributed by atoms with E-state index < -0.39 is 5.54 Å². The van der Waals surface area contributed by atoms with Crippen molar-refractivity contribution in [3.05, 3.63) is 71.3 Å². The van der Waals surface area contributed by atoms with Gasteiger partial charge in [-0.2, -0.15) is 0 Å². The van der Waals surface area contributed by atoms with Crippen molar-refractivity contribution in [2.45, 2.75) is 50.7 Å². The normalized spacial score (nSPS) is 11.7. The summed E-state index contributed by atoms with van der Waals surface area (Å²) < 4.78 is 5.77. The van der Waals surface area contributed by atoms with Crippen LogP contribution in [0.5, 0.6) is 0 Å². The Kier molecular flexibility index (Phi) is 9.50. The number of aliphatic hydroxyl groups excluding tert-OH is 2. The molecule has 0 aliphatic heterocycles. The summed E-state index contributed by atoms with van der Waals surface area (Å²) in [5, 5.41) is 18.5. The van der Waals surface area contributed by atoms with E-state index in [0.717, 1.165) is 37.0 Å². The molecule has 0 radical (unpaired) electrons. The van der Waals surface area contributed by atoms with E-state index in [0.29, 0.717) is 13.0 Å². The van der Waals surface area contributed by atoms with Crippen LogP contribution in [0.2, 0.25) is 0 Å². The van der Waals surface area contributed by atoms with Gasteiger partial charge in [0.2, 0.25) is 0 Å². The molecule has 27 heavy (non-hydrogen) atoms. The molecule has 0 spiro atoms. The summed E-state index contributed by atoms with van der Waals surface area (Å²) in [4.78, 5) is 0. The number of nitrogens with two attached hydrogens (primary N) is 1. The zero-order valence-electron chi connectivity index (χ0n) is 16.1. The highest BCUT2D eigenvalue weighted by molar-refractivity contribution is 5.22. The molecule has 4 heteroatoms. The van der Waals surface area contributed by atoms with Gasteiger partial charge in [-0.1, -0.05) is 61.0 Å². The lowest BCUT2D eigenvalue weighted by molar-refractivity contribution is 0.114. The van der Waals surface area contributed by atoms with E-state index in [4.69, 9.17) is 10.5 Å². The number of benzene rings is 2. The maximum atomic E-state index is 9.24. The average molecular weight is 372 g/mol. The van der Waals surface area contributed by atoms with Crippen LogP contribution >= 0.6 is 0 Å². The molecule has 4 N–H and O–H groups in total. The number of aliphatic hydroxyl groups is 2. The second-order valence-electron chi connectivity index (χ2n) is 7.34. The largest absolute Gasteiger partial charge is 0.394 e. The summed E-state index contributed by atoms with van der Waals surface area (Å²) in [5.74, 6) is 0. The molecule has 0 saturated heterocycles. The summed E-state index contributed by atoms with van der Waals surface area (Å²) in [6.45, 7) is 1.01. The summed E-state index contributed by atoms with van der Waals surface area (Å²) >= 11 is 0. The predicted molar refractivity (Wildman–Crippen MR) is 110 cm³/mol. The van der Waals surface area contributed by atoms with Crippen molar-refractivity contribution in [3.8, 4) is 0 Å². The second-order valence-corrected chi connectivity index (χ2v) is 7.34. The molecule has 0 bridgehead atoms. The van der Waals surface area contributed by atoms with Crippen molar-refractivity contribution in [2.24, 2.45) is 5.73 Å². The molecule has 0 aliphatic rings. The third-order valence-electron chi connectivity index (χ3n) is 4.93. The van der Waals surface area contributed by atoms with Gasteiger partial charge in [-0.15, -0.1) is 0 Å². The molecule has 0 atom stereocenters. The van der Waals surface area contributed by atoms with Gasteiger partial charge >= 0.3 is 0 Å². The SMILES string of the molecule is NC(CO)(CO)CCc1ccc(COCCCCCc2ccccc2)cc1. The van der Waals surface area contributed by atoms with E-state index >= 15 is 0 Å². The number of ether oxygens (including phenoxy) is 1. The van der Waals surface area contributed by atoms with Gasteiger partial charge in [0.1, 0.15) is 0 Å². The molecule has 0 unspecified atom stereocenters. The fourth-order valence-electron chi connectivity index (χ4n) is 2.95. The van der Waals surface area contributed by atoms with Crippen molar-refractivity contribution in [1.29, 1.82) is 0 Å².